The van der Waals surface area contributed by atoms with Crippen LogP contribution in [0, 0.1) is 0 Å². The van der Waals surface area contributed by atoms with Gasteiger partial charge in [0.05, 0.1) is 12.2 Å². The minimum absolute atomic E-state index is 0.267. The molecule has 0 aliphatic rings. The van der Waals surface area contributed by atoms with Gasteiger partial charge >= 0.3 is 6.03 Å². The average Bonchev–Trinajstić information content (AvgIpc) is 2.61. The number of hydrogen-bond acceptors (Lipinski definition) is 3. The van der Waals surface area contributed by atoms with E-state index in [4.69, 9.17) is 4.74 Å². The molecule has 2 aromatic rings. The van der Waals surface area contributed by atoms with Crippen molar-refractivity contribution in [2.45, 2.75) is 45.8 Å². The van der Waals surface area contributed by atoms with Gasteiger partial charge in [0.15, 0.2) is 0 Å². The number of rotatable bonds is 8. The second-order valence-corrected chi connectivity index (χ2v) is 6.79. The first kappa shape index (κ1) is 19.8. The number of unbranched alkanes of at least 4 members (excludes halogenated alkanes) is 1. The number of amides is 2. The molecule has 0 saturated carbocycles. The SMILES string of the molecule is CCCCOc1ccc(NC(=O)NCc2ccc(C(C)(C)O)cc2)cc1. The van der Waals surface area contributed by atoms with Crippen molar-refractivity contribution in [3.05, 3.63) is 59.7 Å². The van der Waals surface area contributed by atoms with E-state index in [9.17, 15) is 9.90 Å². The van der Waals surface area contributed by atoms with Crippen LogP contribution in [0.25, 0.3) is 0 Å². The van der Waals surface area contributed by atoms with Crippen molar-refractivity contribution in [1.82, 2.24) is 5.32 Å². The fourth-order valence-corrected chi connectivity index (χ4v) is 2.36. The summed E-state index contributed by atoms with van der Waals surface area (Å²) in [6.07, 6.45) is 2.12. The number of aliphatic hydroxyl groups is 1. The van der Waals surface area contributed by atoms with Crippen LogP contribution >= 0.6 is 0 Å². The summed E-state index contributed by atoms with van der Waals surface area (Å²) in [4.78, 5) is 12.0. The van der Waals surface area contributed by atoms with Gasteiger partial charge in [-0.3, -0.25) is 0 Å². The van der Waals surface area contributed by atoms with Gasteiger partial charge in [0, 0.05) is 12.2 Å². The zero-order chi connectivity index (χ0) is 19.0. The molecule has 0 unspecified atom stereocenters. The minimum Gasteiger partial charge on any atom is -0.494 e. The smallest absolute Gasteiger partial charge is 0.319 e. The summed E-state index contributed by atoms with van der Waals surface area (Å²) in [5.74, 6) is 0.802. The van der Waals surface area contributed by atoms with E-state index in [1.165, 1.54) is 0 Å². The van der Waals surface area contributed by atoms with E-state index in [1.807, 2.05) is 48.5 Å². The van der Waals surface area contributed by atoms with Gasteiger partial charge in [-0.25, -0.2) is 4.79 Å². The third-order valence-electron chi connectivity index (χ3n) is 3.99. The summed E-state index contributed by atoms with van der Waals surface area (Å²) >= 11 is 0. The molecule has 0 atom stereocenters. The Labute approximate surface area is 155 Å². The standard InChI is InChI=1S/C21H28N2O3/c1-4-5-14-26-19-12-10-18(11-13-19)23-20(24)22-15-16-6-8-17(9-7-16)21(2,3)25/h6-13,25H,4-5,14-15H2,1-3H3,(H2,22,23,24). The Morgan fingerprint density at radius 2 is 1.73 bits per heavy atom. The largest absolute Gasteiger partial charge is 0.494 e. The molecule has 5 heteroatoms. The third kappa shape index (κ3) is 6.41. The van der Waals surface area contributed by atoms with Gasteiger partial charge in [-0.15, -0.1) is 0 Å². The van der Waals surface area contributed by atoms with E-state index in [0.717, 1.165) is 29.7 Å². The summed E-state index contributed by atoms with van der Waals surface area (Å²) < 4.78 is 5.60. The van der Waals surface area contributed by atoms with E-state index in [1.54, 1.807) is 13.8 Å². The van der Waals surface area contributed by atoms with Gasteiger partial charge in [-0.2, -0.15) is 0 Å². The molecule has 26 heavy (non-hydrogen) atoms. The van der Waals surface area contributed by atoms with Crippen molar-refractivity contribution in [2.24, 2.45) is 0 Å². The number of benzene rings is 2. The lowest BCUT2D eigenvalue weighted by Gasteiger charge is -2.18. The number of anilines is 1. The number of urea groups is 1. The molecule has 0 aliphatic heterocycles. The lowest BCUT2D eigenvalue weighted by Crippen LogP contribution is -2.28. The second kappa shape index (κ2) is 9.25. The number of nitrogens with one attached hydrogen (secondary N) is 2. The van der Waals surface area contributed by atoms with Crippen molar-refractivity contribution in [3.63, 3.8) is 0 Å². The molecule has 0 fully saturated rings. The molecule has 2 rings (SSSR count). The summed E-state index contributed by atoms with van der Waals surface area (Å²) in [7, 11) is 0. The second-order valence-electron chi connectivity index (χ2n) is 6.79. The van der Waals surface area contributed by atoms with Gasteiger partial charge in [0.2, 0.25) is 0 Å². The monoisotopic (exact) mass is 356 g/mol. The molecule has 5 nitrogen and oxygen atoms in total. The Kier molecular flexibility index (Phi) is 7.04. The third-order valence-corrected chi connectivity index (χ3v) is 3.99. The first-order valence-corrected chi connectivity index (χ1v) is 8.98. The molecule has 0 aliphatic carbocycles. The molecule has 140 valence electrons. The number of carbonyl (C=O) groups is 1. The zero-order valence-corrected chi connectivity index (χ0v) is 15.7. The van der Waals surface area contributed by atoms with Crippen molar-refractivity contribution in [2.75, 3.05) is 11.9 Å². The van der Waals surface area contributed by atoms with E-state index in [2.05, 4.69) is 17.6 Å². The quantitative estimate of drug-likeness (QED) is 0.613. The molecular formula is C21H28N2O3. The van der Waals surface area contributed by atoms with E-state index in [0.29, 0.717) is 18.8 Å². The maximum atomic E-state index is 12.0. The van der Waals surface area contributed by atoms with Crippen LogP contribution in [-0.4, -0.2) is 17.7 Å². The predicted octanol–water partition coefficient (Wildman–Crippen LogP) is 4.41. The maximum Gasteiger partial charge on any atom is 0.319 e. The average molecular weight is 356 g/mol. The molecule has 2 amide bonds. The Morgan fingerprint density at radius 3 is 2.31 bits per heavy atom. The molecule has 0 aromatic heterocycles. The van der Waals surface area contributed by atoms with Crippen LogP contribution in [0.4, 0.5) is 10.5 Å². The van der Waals surface area contributed by atoms with Crippen molar-refractivity contribution in [1.29, 1.82) is 0 Å². The fraction of sp³-hybridized carbons (Fsp3) is 0.381. The highest BCUT2D eigenvalue weighted by atomic mass is 16.5. The van der Waals surface area contributed by atoms with Crippen LogP contribution in [0.15, 0.2) is 48.5 Å². The molecule has 0 bridgehead atoms. The Balaban J connectivity index is 1.79. The molecule has 0 heterocycles. The van der Waals surface area contributed by atoms with Gasteiger partial charge in [-0.05, 0) is 55.7 Å². The molecule has 2 aromatic carbocycles. The van der Waals surface area contributed by atoms with Crippen LogP contribution in [0.3, 0.4) is 0 Å². The van der Waals surface area contributed by atoms with Gasteiger partial charge in [-0.1, -0.05) is 37.6 Å². The van der Waals surface area contributed by atoms with Crippen LogP contribution in [0.5, 0.6) is 5.75 Å². The number of carbonyl (C=O) groups excluding carboxylic acids is 1. The van der Waals surface area contributed by atoms with Crippen LogP contribution in [-0.2, 0) is 12.1 Å². The number of hydrogen-bond donors (Lipinski definition) is 3. The van der Waals surface area contributed by atoms with Gasteiger partial charge in [0.1, 0.15) is 5.75 Å². The Hall–Kier alpha value is -2.53. The molecule has 0 saturated heterocycles. The van der Waals surface area contributed by atoms with Crippen LogP contribution < -0.4 is 15.4 Å². The van der Waals surface area contributed by atoms with Gasteiger partial charge in [0.25, 0.3) is 0 Å². The van der Waals surface area contributed by atoms with E-state index < -0.39 is 5.60 Å². The van der Waals surface area contributed by atoms with Crippen molar-refractivity contribution >= 4 is 11.7 Å². The number of ether oxygens (including phenoxy) is 1. The van der Waals surface area contributed by atoms with E-state index in [-0.39, 0.29) is 6.03 Å². The Bertz CT molecular complexity index is 689. The summed E-state index contributed by atoms with van der Waals surface area (Å²) in [6, 6.07) is 14.6. The summed E-state index contributed by atoms with van der Waals surface area (Å²) in [5.41, 5.74) is 1.65. The van der Waals surface area contributed by atoms with Crippen LogP contribution in [0.1, 0.15) is 44.7 Å². The lowest BCUT2D eigenvalue weighted by atomic mass is 9.97. The topological polar surface area (TPSA) is 70.6 Å². The highest BCUT2D eigenvalue weighted by Gasteiger charge is 2.15. The zero-order valence-electron chi connectivity index (χ0n) is 15.7. The summed E-state index contributed by atoms with van der Waals surface area (Å²) in [6.45, 7) is 6.73. The van der Waals surface area contributed by atoms with Crippen molar-refractivity contribution < 1.29 is 14.6 Å². The summed E-state index contributed by atoms with van der Waals surface area (Å²) in [5, 5.41) is 15.6. The van der Waals surface area contributed by atoms with Crippen molar-refractivity contribution in [3.8, 4) is 5.75 Å². The molecule has 0 radical (unpaired) electrons. The molecule has 0 spiro atoms. The first-order valence-electron chi connectivity index (χ1n) is 8.98. The highest BCUT2D eigenvalue weighted by molar-refractivity contribution is 5.89. The first-order chi connectivity index (χ1) is 12.4. The maximum absolute atomic E-state index is 12.0. The molecular weight excluding hydrogens is 328 g/mol. The minimum atomic E-state index is -0.865. The highest BCUT2D eigenvalue weighted by Crippen LogP contribution is 2.19. The van der Waals surface area contributed by atoms with E-state index >= 15 is 0 Å². The fourth-order valence-electron chi connectivity index (χ4n) is 2.36. The van der Waals surface area contributed by atoms with Gasteiger partial charge < -0.3 is 20.5 Å². The predicted molar refractivity (Wildman–Crippen MR) is 104 cm³/mol. The normalized spacial score (nSPS) is 11.1. The van der Waals surface area contributed by atoms with Crippen LogP contribution in [0.2, 0.25) is 0 Å². The Morgan fingerprint density at radius 1 is 1.08 bits per heavy atom. The lowest BCUT2D eigenvalue weighted by molar-refractivity contribution is 0.0786. The molecule has 3 N–H and O–H groups in total.